The molecule has 6 heteroatoms. The van der Waals surface area contributed by atoms with E-state index < -0.39 is 10.0 Å². The largest absolute Gasteiger partial charge is 0.268 e. The van der Waals surface area contributed by atoms with Crippen molar-refractivity contribution in [1.82, 2.24) is 4.98 Å². The molecule has 1 rings (SSSR count). The van der Waals surface area contributed by atoms with E-state index >= 15 is 0 Å². The van der Waals surface area contributed by atoms with E-state index in [0.29, 0.717) is 5.82 Å². The van der Waals surface area contributed by atoms with Crippen molar-refractivity contribution >= 4 is 27.6 Å². The summed E-state index contributed by atoms with van der Waals surface area (Å²) in [6.45, 7) is 0. The van der Waals surface area contributed by atoms with E-state index in [1.807, 2.05) is 12.3 Å². The second-order valence-electron chi connectivity index (χ2n) is 2.44. The molecule has 1 heterocycles. The summed E-state index contributed by atoms with van der Waals surface area (Å²) in [4.78, 5) is 4.05. The van der Waals surface area contributed by atoms with Crippen LogP contribution in [0.3, 0.4) is 0 Å². The van der Waals surface area contributed by atoms with E-state index in [4.69, 9.17) is 0 Å². The van der Waals surface area contributed by atoms with Gasteiger partial charge in [0.15, 0.2) is 0 Å². The molecule has 0 radical (unpaired) electrons. The third-order valence-electron chi connectivity index (χ3n) is 1.22. The van der Waals surface area contributed by atoms with E-state index in [9.17, 15) is 8.42 Å². The molecule has 1 N–H and O–H groups in total. The molecule has 0 aliphatic carbocycles. The summed E-state index contributed by atoms with van der Waals surface area (Å²) in [6.07, 6.45) is 2.98. The lowest BCUT2D eigenvalue weighted by Crippen LogP contribution is -2.10. The predicted octanol–water partition coefficient (Wildman–Crippen LogP) is 1.18. The number of aromatic nitrogens is 1. The van der Waals surface area contributed by atoms with Gasteiger partial charge < -0.3 is 0 Å². The number of nitrogens with one attached hydrogen (secondary N) is 1. The van der Waals surface area contributed by atoms with Crippen molar-refractivity contribution in [2.45, 2.75) is 5.03 Å². The minimum Gasteiger partial charge on any atom is -0.268 e. The first-order valence-corrected chi connectivity index (χ1v) is 6.62. The van der Waals surface area contributed by atoms with Crippen LogP contribution >= 0.6 is 11.8 Å². The standard InChI is InChI=1S/C7H10N2O2S2/c1-12-7-5-3-4-6(8-7)9-13(2,10)11/h3-5H,1-2H3,(H,8,9). The van der Waals surface area contributed by atoms with Crippen LogP contribution in [0.2, 0.25) is 0 Å². The zero-order chi connectivity index (χ0) is 9.90. The molecule has 0 spiro atoms. The Morgan fingerprint density at radius 1 is 1.46 bits per heavy atom. The lowest BCUT2D eigenvalue weighted by Gasteiger charge is -2.03. The quantitative estimate of drug-likeness (QED) is 0.774. The van der Waals surface area contributed by atoms with Gasteiger partial charge in [0.2, 0.25) is 10.0 Å². The van der Waals surface area contributed by atoms with Crippen LogP contribution in [-0.2, 0) is 10.0 Å². The molecule has 0 aliphatic heterocycles. The average Bonchev–Trinajstić information content (AvgIpc) is 2.01. The summed E-state index contributed by atoms with van der Waals surface area (Å²) in [5.74, 6) is 0.356. The molecule has 0 aliphatic rings. The molecule has 0 atom stereocenters. The van der Waals surface area contributed by atoms with Crippen LogP contribution in [-0.4, -0.2) is 25.9 Å². The number of nitrogens with zero attached hydrogens (tertiary/aromatic N) is 1. The number of anilines is 1. The molecule has 4 nitrogen and oxygen atoms in total. The number of sulfonamides is 1. The fourth-order valence-corrected chi connectivity index (χ4v) is 1.67. The Kier molecular flexibility index (Phi) is 3.16. The summed E-state index contributed by atoms with van der Waals surface area (Å²) < 4.78 is 24.0. The molecule has 0 bridgehead atoms. The van der Waals surface area contributed by atoms with Gasteiger partial charge in [-0.2, -0.15) is 0 Å². The summed E-state index contributed by atoms with van der Waals surface area (Å²) in [6, 6.07) is 5.19. The Balaban J connectivity index is 2.90. The smallest absolute Gasteiger partial charge is 0.230 e. The third kappa shape index (κ3) is 3.65. The van der Waals surface area contributed by atoms with Crippen molar-refractivity contribution in [1.29, 1.82) is 0 Å². The van der Waals surface area contributed by atoms with E-state index in [-0.39, 0.29) is 0 Å². The van der Waals surface area contributed by atoms with Crippen molar-refractivity contribution in [3.8, 4) is 0 Å². The molecular formula is C7H10N2O2S2. The number of hydrogen-bond acceptors (Lipinski definition) is 4. The fourth-order valence-electron chi connectivity index (χ4n) is 0.775. The molecule has 72 valence electrons. The summed E-state index contributed by atoms with van der Waals surface area (Å²) in [5.41, 5.74) is 0. The number of thioether (sulfide) groups is 1. The normalized spacial score (nSPS) is 11.2. The second-order valence-corrected chi connectivity index (χ2v) is 5.01. The Bertz CT molecular complexity index is 389. The maximum absolute atomic E-state index is 10.8. The van der Waals surface area contributed by atoms with E-state index in [2.05, 4.69) is 9.71 Å². The zero-order valence-electron chi connectivity index (χ0n) is 7.31. The molecule has 0 amide bonds. The van der Waals surface area contributed by atoms with Gasteiger partial charge in [0, 0.05) is 0 Å². The molecule has 0 saturated heterocycles. The Labute approximate surface area is 81.8 Å². The van der Waals surface area contributed by atoms with Crippen molar-refractivity contribution in [3.63, 3.8) is 0 Å². The van der Waals surface area contributed by atoms with Gasteiger partial charge in [-0.1, -0.05) is 6.07 Å². The number of pyridine rings is 1. The van der Waals surface area contributed by atoms with Gasteiger partial charge in [0.25, 0.3) is 0 Å². The summed E-state index contributed by atoms with van der Waals surface area (Å²) in [5, 5.41) is 0.786. The first kappa shape index (κ1) is 10.3. The Morgan fingerprint density at radius 3 is 2.69 bits per heavy atom. The van der Waals surface area contributed by atoms with Gasteiger partial charge in [-0.05, 0) is 18.4 Å². The minimum absolute atomic E-state index is 0.356. The number of hydrogen-bond donors (Lipinski definition) is 1. The van der Waals surface area contributed by atoms with Crippen molar-refractivity contribution in [3.05, 3.63) is 18.2 Å². The van der Waals surface area contributed by atoms with Crippen LogP contribution in [0.4, 0.5) is 5.82 Å². The van der Waals surface area contributed by atoms with Crippen molar-refractivity contribution < 1.29 is 8.42 Å². The SMILES string of the molecule is CSc1cccc(NS(C)(=O)=O)n1. The highest BCUT2D eigenvalue weighted by Gasteiger charge is 2.02. The topological polar surface area (TPSA) is 59.1 Å². The highest BCUT2D eigenvalue weighted by molar-refractivity contribution is 7.98. The summed E-state index contributed by atoms with van der Waals surface area (Å²) >= 11 is 1.46. The lowest BCUT2D eigenvalue weighted by molar-refractivity contribution is 0.606. The third-order valence-corrected chi connectivity index (χ3v) is 2.45. The predicted molar refractivity (Wildman–Crippen MR) is 54.5 cm³/mol. The lowest BCUT2D eigenvalue weighted by atomic mass is 10.5. The molecular weight excluding hydrogens is 208 g/mol. The van der Waals surface area contributed by atoms with Crippen LogP contribution < -0.4 is 4.72 Å². The van der Waals surface area contributed by atoms with Crippen molar-refractivity contribution in [2.24, 2.45) is 0 Å². The van der Waals surface area contributed by atoms with E-state index in [0.717, 1.165) is 11.3 Å². The first-order valence-electron chi connectivity index (χ1n) is 3.50. The van der Waals surface area contributed by atoms with Crippen LogP contribution in [0.5, 0.6) is 0 Å². The van der Waals surface area contributed by atoms with Crippen molar-refractivity contribution in [2.75, 3.05) is 17.2 Å². The second kappa shape index (κ2) is 3.97. The van der Waals surface area contributed by atoms with Gasteiger partial charge in [-0.15, -0.1) is 11.8 Å². The van der Waals surface area contributed by atoms with Gasteiger partial charge in [-0.25, -0.2) is 13.4 Å². The Hall–Kier alpha value is -0.750. The highest BCUT2D eigenvalue weighted by Crippen LogP contribution is 2.14. The maximum Gasteiger partial charge on any atom is 0.230 e. The minimum atomic E-state index is -3.22. The maximum atomic E-state index is 10.8. The fraction of sp³-hybridized carbons (Fsp3) is 0.286. The van der Waals surface area contributed by atoms with Gasteiger partial charge in [-0.3, -0.25) is 4.72 Å². The monoisotopic (exact) mass is 218 g/mol. The molecule has 0 unspecified atom stereocenters. The van der Waals surface area contributed by atoms with Crippen LogP contribution in [0.15, 0.2) is 23.2 Å². The van der Waals surface area contributed by atoms with E-state index in [1.165, 1.54) is 11.8 Å². The molecule has 1 aromatic rings. The molecule has 0 fully saturated rings. The van der Waals surface area contributed by atoms with Gasteiger partial charge in [0.1, 0.15) is 5.82 Å². The van der Waals surface area contributed by atoms with E-state index in [1.54, 1.807) is 12.1 Å². The van der Waals surface area contributed by atoms with Crippen LogP contribution in [0, 0.1) is 0 Å². The van der Waals surface area contributed by atoms with Crippen LogP contribution in [0.25, 0.3) is 0 Å². The highest BCUT2D eigenvalue weighted by atomic mass is 32.2. The first-order chi connectivity index (χ1) is 6.01. The Morgan fingerprint density at radius 2 is 2.15 bits per heavy atom. The average molecular weight is 218 g/mol. The van der Waals surface area contributed by atoms with Gasteiger partial charge in [0.05, 0.1) is 11.3 Å². The summed E-state index contributed by atoms with van der Waals surface area (Å²) in [7, 11) is -3.22. The zero-order valence-corrected chi connectivity index (χ0v) is 8.95. The van der Waals surface area contributed by atoms with Gasteiger partial charge >= 0.3 is 0 Å². The molecule has 0 aromatic carbocycles. The van der Waals surface area contributed by atoms with Crippen LogP contribution in [0.1, 0.15) is 0 Å². The molecule has 0 saturated carbocycles. The molecule has 13 heavy (non-hydrogen) atoms. The number of rotatable bonds is 3. The molecule has 1 aromatic heterocycles.